The summed E-state index contributed by atoms with van der Waals surface area (Å²) in [5.41, 5.74) is 1.22. The van der Waals surface area contributed by atoms with Crippen LogP contribution in [0.4, 0.5) is 0 Å². The fourth-order valence-corrected chi connectivity index (χ4v) is 2.87. The fourth-order valence-electron chi connectivity index (χ4n) is 2.35. The maximum absolute atomic E-state index is 5.99. The normalized spacial score (nSPS) is 22.7. The second-order valence-corrected chi connectivity index (χ2v) is 6.18. The second kappa shape index (κ2) is 6.25. The zero-order valence-corrected chi connectivity index (χ0v) is 12.6. The van der Waals surface area contributed by atoms with E-state index in [9.17, 15) is 0 Å². The van der Waals surface area contributed by atoms with E-state index >= 15 is 0 Å². The Balaban J connectivity index is 1.62. The monoisotopic (exact) mass is 325 g/mol. The molecule has 2 aliphatic rings. The van der Waals surface area contributed by atoms with E-state index in [1.165, 1.54) is 18.4 Å². The number of nitrogens with one attached hydrogen (secondary N) is 1. The molecule has 1 heterocycles. The number of para-hydroxylation sites is 1. The first-order valence-electron chi connectivity index (χ1n) is 7.08. The Morgan fingerprint density at radius 1 is 1.32 bits per heavy atom. The number of hydrogen-bond acceptors (Lipinski definition) is 3. The van der Waals surface area contributed by atoms with Gasteiger partial charge in [-0.15, -0.1) is 0 Å². The quantitative estimate of drug-likeness (QED) is 0.870. The lowest BCUT2D eigenvalue weighted by molar-refractivity contribution is 0.0673. The first-order chi connectivity index (χ1) is 9.33. The van der Waals surface area contributed by atoms with Crippen LogP contribution in [-0.4, -0.2) is 25.4 Å². The van der Waals surface area contributed by atoms with Gasteiger partial charge in [0.15, 0.2) is 0 Å². The van der Waals surface area contributed by atoms with E-state index in [2.05, 4.69) is 33.4 Å². The summed E-state index contributed by atoms with van der Waals surface area (Å²) in [6.07, 6.45) is 5.14. The van der Waals surface area contributed by atoms with Gasteiger partial charge < -0.3 is 14.8 Å². The van der Waals surface area contributed by atoms with Gasteiger partial charge in [-0.1, -0.05) is 12.1 Å². The minimum absolute atomic E-state index is 0.261. The van der Waals surface area contributed by atoms with E-state index in [-0.39, 0.29) is 6.10 Å². The van der Waals surface area contributed by atoms with Crippen molar-refractivity contribution in [3.05, 3.63) is 28.2 Å². The van der Waals surface area contributed by atoms with Crippen LogP contribution >= 0.6 is 15.9 Å². The van der Waals surface area contributed by atoms with Crippen LogP contribution in [0.2, 0.25) is 0 Å². The van der Waals surface area contributed by atoms with Gasteiger partial charge in [-0.2, -0.15) is 0 Å². The summed E-state index contributed by atoms with van der Waals surface area (Å²) in [4.78, 5) is 0. The van der Waals surface area contributed by atoms with Gasteiger partial charge in [0.1, 0.15) is 12.4 Å². The molecule has 1 aromatic rings. The van der Waals surface area contributed by atoms with Crippen LogP contribution in [0.5, 0.6) is 5.75 Å². The molecule has 0 aromatic heterocycles. The molecule has 1 aromatic carbocycles. The Morgan fingerprint density at radius 2 is 2.21 bits per heavy atom. The molecule has 1 saturated carbocycles. The average molecular weight is 326 g/mol. The highest BCUT2D eigenvalue weighted by atomic mass is 79.9. The summed E-state index contributed by atoms with van der Waals surface area (Å²) in [6, 6.07) is 6.94. The van der Waals surface area contributed by atoms with E-state index in [4.69, 9.17) is 9.47 Å². The van der Waals surface area contributed by atoms with Crippen molar-refractivity contribution in [3.8, 4) is 5.75 Å². The van der Waals surface area contributed by atoms with E-state index in [0.717, 1.165) is 36.2 Å². The Labute approximate surface area is 122 Å². The van der Waals surface area contributed by atoms with Gasteiger partial charge >= 0.3 is 0 Å². The predicted octanol–water partition coefficient (Wildman–Crippen LogP) is 3.26. The second-order valence-electron chi connectivity index (χ2n) is 5.33. The molecule has 1 saturated heterocycles. The third kappa shape index (κ3) is 3.71. The average Bonchev–Trinajstić information content (AvgIpc) is 3.10. The van der Waals surface area contributed by atoms with Crippen molar-refractivity contribution in [2.45, 2.75) is 44.4 Å². The number of ether oxygens (including phenoxy) is 2. The van der Waals surface area contributed by atoms with Gasteiger partial charge in [0, 0.05) is 24.8 Å². The summed E-state index contributed by atoms with van der Waals surface area (Å²) in [5.74, 6) is 0.964. The van der Waals surface area contributed by atoms with Crippen LogP contribution in [-0.2, 0) is 11.3 Å². The summed E-state index contributed by atoms with van der Waals surface area (Å²) in [6.45, 7) is 2.41. The smallest absolute Gasteiger partial charge is 0.138 e. The fraction of sp³-hybridized carbons (Fsp3) is 0.600. The zero-order valence-electron chi connectivity index (χ0n) is 11.0. The molecule has 2 fully saturated rings. The third-order valence-corrected chi connectivity index (χ3v) is 4.27. The maximum atomic E-state index is 5.99. The molecular formula is C15H20BrNO2. The number of rotatable bonds is 6. The molecule has 0 bridgehead atoms. The lowest BCUT2D eigenvalue weighted by Crippen LogP contribution is -2.19. The largest absolute Gasteiger partial charge is 0.489 e. The van der Waals surface area contributed by atoms with Crippen molar-refractivity contribution in [3.63, 3.8) is 0 Å². The minimum atomic E-state index is 0.261. The molecule has 1 aliphatic heterocycles. The molecular weight excluding hydrogens is 306 g/mol. The number of benzene rings is 1. The van der Waals surface area contributed by atoms with E-state index < -0.39 is 0 Å². The van der Waals surface area contributed by atoms with Crippen molar-refractivity contribution < 1.29 is 9.47 Å². The Kier molecular flexibility index (Phi) is 4.41. The van der Waals surface area contributed by atoms with Crippen LogP contribution in [0.3, 0.4) is 0 Å². The van der Waals surface area contributed by atoms with Gasteiger partial charge in [0.25, 0.3) is 0 Å². The van der Waals surface area contributed by atoms with Gasteiger partial charge in [-0.25, -0.2) is 0 Å². The Hall–Kier alpha value is -0.580. The van der Waals surface area contributed by atoms with E-state index in [1.54, 1.807) is 0 Å². The standard InChI is InChI=1S/C15H20BrNO2/c16-14-5-1-3-11(9-17-12-6-7-12)15(14)19-10-13-4-2-8-18-13/h1,3,5,12-13,17H,2,4,6-10H2. The molecule has 1 unspecified atom stereocenters. The zero-order chi connectivity index (χ0) is 13.1. The number of halogens is 1. The Morgan fingerprint density at radius 3 is 2.95 bits per heavy atom. The van der Waals surface area contributed by atoms with Crippen LogP contribution < -0.4 is 10.1 Å². The summed E-state index contributed by atoms with van der Waals surface area (Å²) < 4.78 is 12.6. The van der Waals surface area contributed by atoms with Crippen LogP contribution in [0.25, 0.3) is 0 Å². The molecule has 0 amide bonds. The number of hydrogen-bond donors (Lipinski definition) is 1. The summed E-state index contributed by atoms with van der Waals surface area (Å²) >= 11 is 3.59. The highest BCUT2D eigenvalue weighted by Gasteiger charge is 2.21. The SMILES string of the molecule is Brc1cccc(CNC2CC2)c1OCC1CCCO1. The van der Waals surface area contributed by atoms with Crippen molar-refractivity contribution in [1.82, 2.24) is 5.32 Å². The van der Waals surface area contributed by atoms with Crippen molar-refractivity contribution in [2.75, 3.05) is 13.2 Å². The first kappa shape index (κ1) is 13.4. The van der Waals surface area contributed by atoms with Crippen molar-refractivity contribution in [1.29, 1.82) is 0 Å². The molecule has 0 radical (unpaired) electrons. The highest BCUT2D eigenvalue weighted by Crippen LogP contribution is 2.30. The molecule has 1 N–H and O–H groups in total. The molecule has 1 aliphatic carbocycles. The van der Waals surface area contributed by atoms with Crippen molar-refractivity contribution in [2.24, 2.45) is 0 Å². The third-order valence-electron chi connectivity index (χ3n) is 3.64. The van der Waals surface area contributed by atoms with Crippen molar-refractivity contribution >= 4 is 15.9 Å². The maximum Gasteiger partial charge on any atom is 0.138 e. The van der Waals surface area contributed by atoms with Crippen LogP contribution in [0.1, 0.15) is 31.2 Å². The predicted molar refractivity (Wildman–Crippen MR) is 78.5 cm³/mol. The van der Waals surface area contributed by atoms with E-state index in [1.807, 2.05) is 6.07 Å². The van der Waals surface area contributed by atoms with Gasteiger partial charge in [0.2, 0.25) is 0 Å². The minimum Gasteiger partial charge on any atom is -0.489 e. The topological polar surface area (TPSA) is 30.5 Å². The molecule has 4 heteroatoms. The molecule has 0 spiro atoms. The molecule has 3 rings (SSSR count). The van der Waals surface area contributed by atoms with Crippen LogP contribution in [0, 0.1) is 0 Å². The molecule has 1 atom stereocenters. The molecule has 19 heavy (non-hydrogen) atoms. The Bertz CT molecular complexity index is 428. The summed E-state index contributed by atoms with van der Waals surface area (Å²) in [5, 5.41) is 3.54. The lowest BCUT2D eigenvalue weighted by Gasteiger charge is -2.16. The van der Waals surface area contributed by atoms with E-state index in [0.29, 0.717) is 12.6 Å². The highest BCUT2D eigenvalue weighted by molar-refractivity contribution is 9.10. The van der Waals surface area contributed by atoms with Gasteiger partial charge in [0.05, 0.1) is 10.6 Å². The molecule has 3 nitrogen and oxygen atoms in total. The van der Waals surface area contributed by atoms with Crippen LogP contribution in [0.15, 0.2) is 22.7 Å². The van der Waals surface area contributed by atoms with Gasteiger partial charge in [-0.05, 0) is 47.7 Å². The molecule has 104 valence electrons. The summed E-state index contributed by atoms with van der Waals surface area (Å²) in [7, 11) is 0. The van der Waals surface area contributed by atoms with Gasteiger partial charge in [-0.3, -0.25) is 0 Å². The lowest BCUT2D eigenvalue weighted by atomic mass is 10.2. The first-order valence-corrected chi connectivity index (χ1v) is 7.87.